The van der Waals surface area contributed by atoms with E-state index in [4.69, 9.17) is 9.47 Å². The molecule has 0 aromatic carbocycles. The van der Waals surface area contributed by atoms with E-state index in [-0.39, 0.29) is 25.7 Å². The maximum atomic E-state index is 10.3. The Morgan fingerprint density at radius 3 is 1.13 bits per heavy atom. The third kappa shape index (κ3) is 6.30. The molecule has 10 atom stereocenters. The summed E-state index contributed by atoms with van der Waals surface area (Å²) in [6.07, 6.45) is 17.0. The van der Waals surface area contributed by atoms with Crippen molar-refractivity contribution in [3.8, 4) is 0 Å². The maximum Gasteiger partial charge on any atom is 0.120 e. The zero-order valence-electron chi connectivity index (χ0n) is 30.2. The van der Waals surface area contributed by atoms with Crippen molar-refractivity contribution in [1.82, 2.24) is 0 Å². The predicted molar refractivity (Wildman–Crippen MR) is 193 cm³/mol. The lowest BCUT2D eigenvalue weighted by Crippen LogP contribution is -2.56. The van der Waals surface area contributed by atoms with Gasteiger partial charge >= 0.3 is 0 Å². The van der Waals surface area contributed by atoms with Gasteiger partial charge in [-0.1, -0.05) is 93.5 Å². The van der Waals surface area contributed by atoms with Crippen LogP contribution in [-0.2, 0) is 19.1 Å². The minimum atomic E-state index is 0. The maximum absolute atomic E-state index is 10.3. The summed E-state index contributed by atoms with van der Waals surface area (Å²) in [4.78, 5) is 20.7. The van der Waals surface area contributed by atoms with Crippen molar-refractivity contribution in [3.63, 3.8) is 0 Å². The lowest BCUT2D eigenvalue weighted by molar-refractivity contribution is -0.109. The van der Waals surface area contributed by atoms with Crippen molar-refractivity contribution in [2.75, 3.05) is 0 Å². The minimum absolute atomic E-state index is 0. The number of hydrogen-bond donors (Lipinski definition) is 0. The van der Waals surface area contributed by atoms with Crippen LogP contribution in [-0.4, -0.2) is 36.0 Å². The number of ether oxygens (including phenoxy) is 2. The molecule has 2 saturated heterocycles. The highest BCUT2D eigenvalue weighted by atomic mass is 16.6. The Hall–Kier alpha value is -1.26. The standard InChI is InChI=1S/4C10H16O.2CH4/c2*1-9(2)6-4-7(9)10(3)8(5-6)11-10;2*1-8-4-5-9(6-7-11)10(8,2)3;;/h2*6-8H,4-5H2,1-3H3;2*4,7,9H,5-6H2,1-3H3;2*1H4/t2*6-,7-,8+,10?;2*9-;;/m1010../s1. The number of aldehydes is 2. The second-order valence-corrected chi connectivity index (χ2v) is 18.6. The van der Waals surface area contributed by atoms with Gasteiger partial charge in [-0.15, -0.1) is 0 Å². The van der Waals surface area contributed by atoms with E-state index in [1.807, 2.05) is 0 Å². The number of carbonyl (C=O) groups excluding carboxylic acids is 2. The molecule has 10 aliphatic rings. The first-order valence-corrected chi connectivity index (χ1v) is 17.8. The molecule has 0 amide bonds. The molecule has 4 bridgehead atoms. The highest BCUT2D eigenvalue weighted by Gasteiger charge is 2.73. The van der Waals surface area contributed by atoms with Gasteiger partial charge in [0.15, 0.2) is 0 Å². The van der Waals surface area contributed by atoms with E-state index >= 15 is 0 Å². The Morgan fingerprint density at radius 1 is 0.609 bits per heavy atom. The van der Waals surface area contributed by atoms with Gasteiger partial charge in [0.05, 0.1) is 23.4 Å². The fraction of sp³-hybridized carbons (Fsp3) is 0.857. The first-order valence-electron chi connectivity index (χ1n) is 17.8. The summed E-state index contributed by atoms with van der Waals surface area (Å²) < 4.78 is 11.5. The van der Waals surface area contributed by atoms with Crippen molar-refractivity contribution < 1.29 is 19.1 Å². The van der Waals surface area contributed by atoms with Gasteiger partial charge in [-0.05, 0) is 123 Å². The van der Waals surface area contributed by atoms with E-state index in [2.05, 4.69) is 95.2 Å². The van der Waals surface area contributed by atoms with Gasteiger partial charge in [-0.3, -0.25) is 0 Å². The number of allylic oxidation sites excluding steroid dienone is 4. The fourth-order valence-corrected chi connectivity index (χ4v) is 10.4. The Labute approximate surface area is 284 Å². The number of hydrogen-bond acceptors (Lipinski definition) is 4. The smallest absolute Gasteiger partial charge is 0.120 e. The predicted octanol–water partition coefficient (Wildman–Crippen LogP) is 10.8. The Kier molecular flexibility index (Phi) is 11.0. The van der Waals surface area contributed by atoms with Gasteiger partial charge in [-0.25, -0.2) is 0 Å². The molecule has 8 aliphatic carbocycles. The summed E-state index contributed by atoms with van der Waals surface area (Å²) in [5, 5.41) is 0. The second-order valence-electron chi connectivity index (χ2n) is 18.6. The summed E-state index contributed by atoms with van der Waals surface area (Å²) in [7, 11) is 0. The van der Waals surface area contributed by atoms with Crippen molar-refractivity contribution in [2.45, 2.75) is 173 Å². The third-order valence-corrected chi connectivity index (χ3v) is 15.5. The van der Waals surface area contributed by atoms with E-state index in [0.29, 0.717) is 58.9 Å². The minimum Gasteiger partial charge on any atom is -0.366 e. The molecule has 0 N–H and O–H groups in total. The molecule has 4 nitrogen and oxygen atoms in total. The van der Waals surface area contributed by atoms with Crippen molar-refractivity contribution in [2.24, 2.45) is 57.2 Å². The first-order chi connectivity index (χ1) is 20.3. The fourth-order valence-electron chi connectivity index (χ4n) is 10.4. The van der Waals surface area contributed by atoms with Crippen molar-refractivity contribution in [1.29, 1.82) is 0 Å². The zero-order chi connectivity index (χ0) is 32.7. The molecule has 0 spiro atoms. The molecule has 6 saturated carbocycles. The van der Waals surface area contributed by atoms with Crippen LogP contribution in [0.4, 0.5) is 0 Å². The number of carbonyl (C=O) groups is 2. The molecular weight excluding hydrogens is 568 g/mol. The van der Waals surface area contributed by atoms with E-state index in [9.17, 15) is 9.59 Å². The SMILES string of the molecule is C.C.CC1(C)[C@@H]2C[C@H]3OC3(C)[C@H]1C2.CC1(C)[C@H]2C[C@@H]3OC3(C)[C@@H]1C2.CC1=CC[C@@H](CC=O)C1(C)C.CC1=CC[C@H](CC=O)C1(C)C. The monoisotopic (exact) mass is 641 g/mol. The van der Waals surface area contributed by atoms with Gasteiger partial charge in [0.1, 0.15) is 12.6 Å². The lowest BCUT2D eigenvalue weighted by Gasteiger charge is -2.57. The van der Waals surface area contributed by atoms with Gasteiger partial charge < -0.3 is 19.1 Å². The average molecular weight is 641 g/mol. The zero-order valence-corrected chi connectivity index (χ0v) is 30.2. The lowest BCUT2D eigenvalue weighted by atomic mass is 9.46. The summed E-state index contributed by atoms with van der Waals surface area (Å²) in [6, 6.07) is 0. The van der Waals surface area contributed by atoms with Crippen LogP contribution < -0.4 is 0 Å². The summed E-state index contributed by atoms with van der Waals surface area (Å²) in [5.74, 6) is 4.73. The van der Waals surface area contributed by atoms with E-state index < -0.39 is 0 Å². The van der Waals surface area contributed by atoms with E-state index in [1.165, 1.54) is 36.8 Å². The topological polar surface area (TPSA) is 59.2 Å². The van der Waals surface area contributed by atoms with Crippen molar-refractivity contribution in [3.05, 3.63) is 23.3 Å². The molecule has 46 heavy (non-hydrogen) atoms. The summed E-state index contributed by atoms with van der Waals surface area (Å²) >= 11 is 0. The molecule has 0 aromatic heterocycles. The van der Waals surface area contributed by atoms with Crippen LogP contribution in [0.5, 0.6) is 0 Å². The Morgan fingerprint density at radius 2 is 0.935 bits per heavy atom. The summed E-state index contributed by atoms with van der Waals surface area (Å²) in [6.45, 7) is 27.5. The molecule has 0 aromatic rings. The Bertz CT molecular complexity index is 1090. The van der Waals surface area contributed by atoms with E-state index in [1.54, 1.807) is 0 Å². The quantitative estimate of drug-likeness (QED) is 0.174. The molecule has 10 rings (SSSR count). The molecular formula is C42H72O4. The Balaban J connectivity index is 0.000000165. The van der Waals surface area contributed by atoms with Crippen LogP contribution >= 0.6 is 0 Å². The number of rotatable bonds is 4. The average Bonchev–Trinajstić information content (AvgIpc) is 3.79. The van der Waals surface area contributed by atoms with Crippen LogP contribution in [0, 0.1) is 57.2 Å². The van der Waals surface area contributed by atoms with Gasteiger partial charge in [0.2, 0.25) is 0 Å². The van der Waals surface area contributed by atoms with Crippen LogP contribution in [0.25, 0.3) is 0 Å². The van der Waals surface area contributed by atoms with Crippen LogP contribution in [0.15, 0.2) is 23.3 Å². The molecule has 264 valence electrons. The normalized spacial score (nSPS) is 43.7. The molecule has 0 radical (unpaired) electrons. The molecule has 8 fully saturated rings. The van der Waals surface area contributed by atoms with Crippen LogP contribution in [0.1, 0.15) is 149 Å². The van der Waals surface area contributed by atoms with Crippen molar-refractivity contribution >= 4 is 12.6 Å². The number of epoxide rings is 2. The molecule has 2 unspecified atom stereocenters. The van der Waals surface area contributed by atoms with Gasteiger partial charge in [0, 0.05) is 12.8 Å². The molecule has 4 heteroatoms. The van der Waals surface area contributed by atoms with Gasteiger partial charge in [-0.2, -0.15) is 0 Å². The van der Waals surface area contributed by atoms with Crippen LogP contribution in [0.3, 0.4) is 0 Å². The highest BCUT2D eigenvalue weighted by molar-refractivity contribution is 5.51. The first kappa shape index (κ1) is 39.2. The van der Waals surface area contributed by atoms with Crippen LogP contribution in [0.2, 0.25) is 0 Å². The third-order valence-electron chi connectivity index (χ3n) is 15.5. The second kappa shape index (κ2) is 12.9. The van der Waals surface area contributed by atoms with Gasteiger partial charge in [0.25, 0.3) is 0 Å². The highest BCUT2D eigenvalue weighted by Crippen LogP contribution is 2.71. The molecule has 2 aliphatic heterocycles. The molecule has 2 heterocycles. The van der Waals surface area contributed by atoms with E-state index in [0.717, 1.165) is 49.1 Å². The summed E-state index contributed by atoms with van der Waals surface area (Å²) in [5.41, 5.74) is 5.15. The largest absolute Gasteiger partial charge is 0.366 e.